The molecule has 0 unspecified atom stereocenters. The van der Waals surface area contributed by atoms with E-state index in [1.165, 1.54) is 23.3 Å². The van der Waals surface area contributed by atoms with Gasteiger partial charge in [0.05, 0.1) is 24.2 Å². The zero-order valence-corrected chi connectivity index (χ0v) is 14.6. The van der Waals surface area contributed by atoms with Crippen LogP contribution < -0.4 is 4.90 Å². The van der Waals surface area contributed by atoms with Crippen molar-refractivity contribution in [2.24, 2.45) is 0 Å². The molecule has 6 nitrogen and oxygen atoms in total. The molecule has 1 rings (SSSR count). The second kappa shape index (κ2) is 7.40. The molecule has 0 spiro atoms. The summed E-state index contributed by atoms with van der Waals surface area (Å²) in [6.45, 7) is 7.30. The van der Waals surface area contributed by atoms with Crippen molar-refractivity contribution in [3.63, 3.8) is 0 Å². The quantitative estimate of drug-likeness (QED) is 0.793. The third-order valence-corrected chi connectivity index (χ3v) is 3.56. The number of carbonyl (C=O) groups is 2. The van der Waals surface area contributed by atoms with Gasteiger partial charge in [-0.1, -0.05) is 6.08 Å². The molecule has 0 saturated carbocycles. The van der Waals surface area contributed by atoms with Gasteiger partial charge in [0.1, 0.15) is 10.6 Å². The normalized spacial score (nSPS) is 11.5. The average molecular weight is 326 g/mol. The number of ether oxygens (including phenoxy) is 2. The number of thiazole rings is 1. The number of anilines is 1. The summed E-state index contributed by atoms with van der Waals surface area (Å²) in [5.41, 5.74) is 0.0613. The molecule has 122 valence electrons. The van der Waals surface area contributed by atoms with E-state index in [0.717, 1.165) is 5.01 Å². The minimum Gasteiger partial charge on any atom is -0.469 e. The third kappa shape index (κ3) is 5.48. The predicted octanol–water partition coefficient (Wildman–Crippen LogP) is 3.40. The standard InChI is InChI=1S/C15H22N2O4S/c1-10-16-11(8-7-9-12(18)20-6)13(22-10)17(5)14(19)21-15(2,3)4/h7-8H,9H2,1-6H3/b8-7+. The van der Waals surface area contributed by atoms with Gasteiger partial charge in [-0.05, 0) is 33.8 Å². The second-order valence-electron chi connectivity index (χ2n) is 5.65. The molecule has 0 fully saturated rings. The van der Waals surface area contributed by atoms with Gasteiger partial charge in [-0.25, -0.2) is 9.78 Å². The van der Waals surface area contributed by atoms with E-state index in [9.17, 15) is 9.59 Å². The van der Waals surface area contributed by atoms with E-state index in [2.05, 4.69) is 9.72 Å². The van der Waals surface area contributed by atoms with E-state index in [4.69, 9.17) is 4.74 Å². The van der Waals surface area contributed by atoms with Crippen LogP contribution in [-0.2, 0) is 14.3 Å². The molecule has 0 aliphatic rings. The molecule has 0 saturated heterocycles. The Morgan fingerprint density at radius 2 is 2.00 bits per heavy atom. The van der Waals surface area contributed by atoms with Crippen molar-refractivity contribution in [1.29, 1.82) is 0 Å². The van der Waals surface area contributed by atoms with Gasteiger partial charge < -0.3 is 9.47 Å². The summed E-state index contributed by atoms with van der Waals surface area (Å²) in [4.78, 5) is 29.0. The van der Waals surface area contributed by atoms with Crippen LogP contribution in [0.4, 0.5) is 9.80 Å². The number of hydrogen-bond acceptors (Lipinski definition) is 6. The Hall–Kier alpha value is -1.89. The third-order valence-electron chi connectivity index (χ3n) is 2.50. The molecule has 0 aromatic carbocycles. The maximum Gasteiger partial charge on any atom is 0.415 e. The van der Waals surface area contributed by atoms with Gasteiger partial charge in [0.15, 0.2) is 0 Å². The number of methoxy groups -OCH3 is 1. The Morgan fingerprint density at radius 3 is 2.55 bits per heavy atom. The second-order valence-corrected chi connectivity index (χ2v) is 6.83. The summed E-state index contributed by atoms with van der Waals surface area (Å²) in [5, 5.41) is 1.50. The van der Waals surface area contributed by atoms with Crippen molar-refractivity contribution in [2.45, 2.75) is 39.7 Å². The van der Waals surface area contributed by atoms with Gasteiger partial charge in [-0.3, -0.25) is 9.69 Å². The van der Waals surface area contributed by atoms with Crippen LogP contribution in [0.5, 0.6) is 0 Å². The molecule has 1 amide bonds. The molecule has 1 aromatic heterocycles. The highest BCUT2D eigenvalue weighted by atomic mass is 32.1. The van der Waals surface area contributed by atoms with E-state index >= 15 is 0 Å². The van der Waals surface area contributed by atoms with Crippen LogP contribution in [0.15, 0.2) is 6.08 Å². The van der Waals surface area contributed by atoms with Gasteiger partial charge in [0.2, 0.25) is 0 Å². The van der Waals surface area contributed by atoms with Gasteiger partial charge in [0, 0.05) is 7.05 Å². The lowest BCUT2D eigenvalue weighted by Crippen LogP contribution is -2.34. The largest absolute Gasteiger partial charge is 0.469 e. The lowest BCUT2D eigenvalue weighted by atomic mass is 10.2. The Balaban J connectivity index is 2.91. The molecule has 0 atom stereocenters. The summed E-state index contributed by atoms with van der Waals surface area (Å²) in [6.07, 6.45) is 3.07. The SMILES string of the molecule is COC(=O)C/C=C/c1nc(C)sc1N(C)C(=O)OC(C)(C)C. The number of carbonyl (C=O) groups excluding carboxylic acids is 2. The number of amides is 1. The molecule has 0 bridgehead atoms. The zero-order valence-electron chi connectivity index (χ0n) is 13.8. The minimum atomic E-state index is -0.564. The van der Waals surface area contributed by atoms with Crippen LogP contribution in [0.3, 0.4) is 0 Å². The molecular weight excluding hydrogens is 304 g/mol. The monoisotopic (exact) mass is 326 g/mol. The zero-order chi connectivity index (χ0) is 16.9. The molecule has 22 heavy (non-hydrogen) atoms. The highest BCUT2D eigenvalue weighted by Crippen LogP contribution is 2.29. The van der Waals surface area contributed by atoms with Crippen LogP contribution in [0.25, 0.3) is 6.08 Å². The van der Waals surface area contributed by atoms with Crippen molar-refractivity contribution in [1.82, 2.24) is 4.98 Å². The molecule has 0 radical (unpaired) electrons. The van der Waals surface area contributed by atoms with Crippen LogP contribution in [-0.4, -0.2) is 36.8 Å². The molecule has 0 N–H and O–H groups in total. The van der Waals surface area contributed by atoms with Gasteiger partial charge in [-0.2, -0.15) is 0 Å². The summed E-state index contributed by atoms with van der Waals surface area (Å²) >= 11 is 1.39. The maximum atomic E-state index is 12.1. The van der Waals surface area contributed by atoms with E-state index in [0.29, 0.717) is 10.7 Å². The van der Waals surface area contributed by atoms with Crippen LogP contribution in [0.2, 0.25) is 0 Å². The average Bonchev–Trinajstić information content (AvgIpc) is 2.76. The van der Waals surface area contributed by atoms with Crippen molar-refractivity contribution in [3.05, 3.63) is 16.8 Å². The molecule has 1 aromatic rings. The van der Waals surface area contributed by atoms with Crippen LogP contribution >= 0.6 is 11.3 Å². The number of hydrogen-bond donors (Lipinski definition) is 0. The van der Waals surface area contributed by atoms with E-state index in [1.807, 2.05) is 27.7 Å². The molecular formula is C15H22N2O4S. The first-order valence-corrected chi connectivity index (χ1v) is 7.63. The summed E-state index contributed by atoms with van der Waals surface area (Å²) < 4.78 is 9.92. The van der Waals surface area contributed by atoms with Crippen molar-refractivity contribution < 1.29 is 19.1 Å². The maximum absolute atomic E-state index is 12.1. The summed E-state index contributed by atoms with van der Waals surface area (Å²) in [5.74, 6) is -0.328. The van der Waals surface area contributed by atoms with Crippen LogP contribution in [0, 0.1) is 6.92 Å². The van der Waals surface area contributed by atoms with Gasteiger partial charge in [-0.15, -0.1) is 11.3 Å². The molecule has 0 aliphatic carbocycles. The predicted molar refractivity (Wildman–Crippen MR) is 87.2 cm³/mol. The lowest BCUT2D eigenvalue weighted by Gasteiger charge is -2.24. The Bertz CT molecular complexity index is 573. The molecule has 7 heteroatoms. The fourth-order valence-corrected chi connectivity index (χ4v) is 2.40. The van der Waals surface area contributed by atoms with E-state index in [-0.39, 0.29) is 12.4 Å². The van der Waals surface area contributed by atoms with Crippen LogP contribution in [0.1, 0.15) is 37.9 Å². The van der Waals surface area contributed by atoms with E-state index in [1.54, 1.807) is 19.2 Å². The number of rotatable bonds is 4. The highest BCUT2D eigenvalue weighted by molar-refractivity contribution is 7.16. The molecule has 0 aliphatic heterocycles. The highest BCUT2D eigenvalue weighted by Gasteiger charge is 2.23. The van der Waals surface area contributed by atoms with Crippen molar-refractivity contribution in [2.75, 3.05) is 19.1 Å². The van der Waals surface area contributed by atoms with Gasteiger partial charge >= 0.3 is 12.1 Å². The topological polar surface area (TPSA) is 68.7 Å². The Morgan fingerprint density at radius 1 is 1.36 bits per heavy atom. The fraction of sp³-hybridized carbons (Fsp3) is 0.533. The Kier molecular flexibility index (Phi) is 6.11. The summed E-state index contributed by atoms with van der Waals surface area (Å²) in [6, 6.07) is 0. The van der Waals surface area contributed by atoms with Crippen molar-refractivity contribution >= 4 is 34.5 Å². The summed E-state index contributed by atoms with van der Waals surface area (Å²) in [7, 11) is 2.98. The van der Waals surface area contributed by atoms with E-state index < -0.39 is 11.7 Å². The first kappa shape index (κ1) is 18.2. The first-order chi connectivity index (χ1) is 10.1. The number of aryl methyl sites for hydroxylation is 1. The Labute approximate surface area is 134 Å². The number of nitrogens with zero attached hydrogens (tertiary/aromatic N) is 2. The lowest BCUT2D eigenvalue weighted by molar-refractivity contribution is -0.139. The number of aromatic nitrogens is 1. The fourth-order valence-electron chi connectivity index (χ4n) is 1.54. The molecule has 1 heterocycles. The smallest absolute Gasteiger partial charge is 0.415 e. The van der Waals surface area contributed by atoms with Crippen molar-refractivity contribution in [3.8, 4) is 0 Å². The minimum absolute atomic E-state index is 0.155. The van der Waals surface area contributed by atoms with Gasteiger partial charge in [0.25, 0.3) is 0 Å². The first-order valence-electron chi connectivity index (χ1n) is 6.81. The number of esters is 1.